The fourth-order valence-electron chi connectivity index (χ4n) is 0. The summed E-state index contributed by atoms with van der Waals surface area (Å²) >= 11 is 0. The van der Waals surface area contributed by atoms with Crippen LogP contribution in [0.2, 0.25) is 0 Å². The van der Waals surface area contributed by atoms with Crippen LogP contribution in [0.4, 0.5) is 0 Å². The molecule has 0 aromatic heterocycles. The van der Waals surface area contributed by atoms with E-state index in [9.17, 15) is 0 Å². The van der Waals surface area contributed by atoms with Gasteiger partial charge in [0.05, 0.1) is 0 Å². The first-order chi connectivity index (χ1) is 3.73. The molecule has 0 aliphatic heterocycles. The van der Waals surface area contributed by atoms with Gasteiger partial charge in [-0.25, -0.2) is 0 Å². The highest BCUT2D eigenvalue weighted by Gasteiger charge is 1.84. The Kier molecular flexibility index (Phi) is 11.1. The average Bonchev–Trinajstić information content (AvgIpc) is 1.19. The lowest BCUT2D eigenvalue weighted by atomic mass is 11.1. The lowest BCUT2D eigenvalue weighted by molar-refractivity contribution is 0.381. The predicted octanol–water partition coefficient (Wildman–Crippen LogP) is -3.00. The zero-order chi connectivity index (χ0) is 8.08. The van der Waals surface area contributed by atoms with Crippen LogP contribution in [-0.2, 0) is 10.4 Å². The third-order valence-electron chi connectivity index (χ3n) is 0. The van der Waals surface area contributed by atoms with E-state index in [1.807, 2.05) is 0 Å². The number of nitrogens with two attached hydrogens (primary N) is 2. The Labute approximate surface area is 68.6 Å². The first-order valence-corrected chi connectivity index (χ1v) is 2.92. The van der Waals surface area contributed by atoms with E-state index in [0.717, 1.165) is 0 Å². The number of hydrogen-bond donors (Lipinski definition) is 5. The van der Waals surface area contributed by atoms with E-state index < -0.39 is 10.4 Å². The monoisotopic (exact) mass is 187 g/mol. The molecule has 10 heavy (non-hydrogen) atoms. The molecule has 0 unspecified atom stereocenters. The molecule has 0 saturated heterocycles. The van der Waals surface area contributed by atoms with E-state index in [4.69, 9.17) is 22.9 Å². The zero-order valence-corrected chi connectivity index (χ0v) is 5.09. The fraction of sp³-hybridized carbons (Fsp3) is 0. The quantitative estimate of drug-likeness (QED) is 0.118. The predicted molar refractivity (Wildman–Crippen MR) is 40.2 cm³/mol. The molecule has 62 valence electrons. The van der Waals surface area contributed by atoms with Crippen molar-refractivity contribution in [3.63, 3.8) is 0 Å². The van der Waals surface area contributed by atoms with Gasteiger partial charge in [-0.2, -0.15) is 8.42 Å². The van der Waals surface area contributed by atoms with Gasteiger partial charge >= 0.3 is 10.4 Å². The van der Waals surface area contributed by atoms with Crippen molar-refractivity contribution in [3.8, 4) is 0 Å². The van der Waals surface area contributed by atoms with Crippen LogP contribution in [0.25, 0.3) is 0 Å². The van der Waals surface area contributed by atoms with Gasteiger partial charge in [0, 0.05) is 0 Å². The lowest BCUT2D eigenvalue weighted by Gasteiger charge is -1.69. The highest BCUT2D eigenvalue weighted by Crippen LogP contribution is 1.59. The van der Waals surface area contributed by atoms with E-state index >= 15 is 0 Å². The van der Waals surface area contributed by atoms with Gasteiger partial charge in [-0.3, -0.25) is 14.5 Å². The van der Waals surface area contributed by atoms with Crippen LogP contribution in [0.1, 0.15) is 0 Å². The normalized spacial score (nSPS) is 8.20. The minimum atomic E-state index is -4.67. The van der Waals surface area contributed by atoms with Crippen molar-refractivity contribution in [2.24, 2.45) is 11.5 Å². The van der Waals surface area contributed by atoms with Crippen LogP contribution in [0.15, 0.2) is 0 Å². The molecule has 0 amide bonds. The van der Waals surface area contributed by atoms with Gasteiger partial charge in [0.2, 0.25) is 0 Å². The summed E-state index contributed by atoms with van der Waals surface area (Å²) in [6.07, 6.45) is 0. The molecular formula is CH10AlN3O4S. The summed E-state index contributed by atoms with van der Waals surface area (Å²) in [5.74, 6) is -0.333. The summed E-state index contributed by atoms with van der Waals surface area (Å²) in [7, 11) is -4.67. The van der Waals surface area contributed by atoms with Crippen LogP contribution in [-0.4, -0.2) is 40.8 Å². The average molecular weight is 187 g/mol. The molecule has 0 spiro atoms. The third kappa shape index (κ3) is 3180. The van der Waals surface area contributed by atoms with E-state index in [1.165, 1.54) is 0 Å². The zero-order valence-electron chi connectivity index (χ0n) is 4.27. The molecule has 0 heterocycles. The summed E-state index contributed by atoms with van der Waals surface area (Å²) in [5.41, 5.74) is 8.94. The van der Waals surface area contributed by atoms with Gasteiger partial charge in [-0.05, 0) is 0 Å². The first-order valence-electron chi connectivity index (χ1n) is 1.53. The molecule has 0 rings (SSSR count). The highest BCUT2D eigenvalue weighted by atomic mass is 32.3. The molecule has 9 heteroatoms. The fourth-order valence-corrected chi connectivity index (χ4v) is 0. The van der Waals surface area contributed by atoms with E-state index in [-0.39, 0.29) is 23.3 Å². The molecular weight excluding hydrogens is 177 g/mol. The highest BCUT2D eigenvalue weighted by molar-refractivity contribution is 7.79. The second-order valence-electron chi connectivity index (χ2n) is 0.903. The Morgan fingerprint density at radius 3 is 1.30 bits per heavy atom. The lowest BCUT2D eigenvalue weighted by Crippen LogP contribution is -2.20. The third-order valence-corrected chi connectivity index (χ3v) is 0. The second-order valence-corrected chi connectivity index (χ2v) is 1.80. The number of nitrogens with one attached hydrogen (secondary N) is 1. The SMILES string of the molecule is N=C(N)N.O=S(=O)(O)O.[AlH3]. The molecule has 7 N–H and O–H groups in total. The Hall–Kier alpha value is -0.328. The van der Waals surface area contributed by atoms with Crippen molar-refractivity contribution in [1.82, 2.24) is 0 Å². The summed E-state index contributed by atoms with van der Waals surface area (Å²) in [6.45, 7) is 0. The number of hydrogen-bond acceptors (Lipinski definition) is 3. The largest absolute Gasteiger partial charge is 0.394 e. The summed E-state index contributed by atoms with van der Waals surface area (Å²) in [4.78, 5) is 0. The molecule has 0 radical (unpaired) electrons. The molecule has 0 bridgehead atoms. The number of rotatable bonds is 0. The molecule has 0 aromatic rings. The van der Waals surface area contributed by atoms with Crippen molar-refractivity contribution in [2.75, 3.05) is 0 Å². The van der Waals surface area contributed by atoms with Crippen molar-refractivity contribution in [3.05, 3.63) is 0 Å². The van der Waals surface area contributed by atoms with Gasteiger partial charge in [0.25, 0.3) is 0 Å². The smallest absolute Gasteiger partial charge is 0.370 e. The molecule has 0 aromatic carbocycles. The maximum Gasteiger partial charge on any atom is 0.394 e. The van der Waals surface area contributed by atoms with Gasteiger partial charge in [-0.1, -0.05) is 0 Å². The van der Waals surface area contributed by atoms with Crippen molar-refractivity contribution in [2.45, 2.75) is 0 Å². The van der Waals surface area contributed by atoms with Gasteiger partial charge in [0.1, 0.15) is 0 Å². The van der Waals surface area contributed by atoms with Crippen LogP contribution < -0.4 is 11.5 Å². The van der Waals surface area contributed by atoms with Gasteiger partial charge < -0.3 is 11.5 Å². The van der Waals surface area contributed by atoms with Gasteiger partial charge in [-0.15, -0.1) is 0 Å². The molecule has 0 aliphatic carbocycles. The van der Waals surface area contributed by atoms with Gasteiger partial charge in [0.15, 0.2) is 23.3 Å². The Morgan fingerprint density at radius 1 is 1.30 bits per heavy atom. The van der Waals surface area contributed by atoms with Crippen LogP contribution in [0.3, 0.4) is 0 Å². The minimum absolute atomic E-state index is 0. The standard InChI is InChI=1S/CH5N3.Al.H2O4S.3H/c2-1(3)4;;1-5(2,3)4;;;/h(H5,2,3,4);;(H2,1,2,3,4);;;. The van der Waals surface area contributed by atoms with Crippen molar-refractivity contribution >= 4 is 33.7 Å². The van der Waals surface area contributed by atoms with Crippen molar-refractivity contribution < 1.29 is 17.5 Å². The maximum atomic E-state index is 8.74. The Balaban J connectivity index is -0.0000000910. The summed E-state index contributed by atoms with van der Waals surface area (Å²) < 4.78 is 31.6. The van der Waals surface area contributed by atoms with Crippen LogP contribution in [0, 0.1) is 5.41 Å². The molecule has 7 nitrogen and oxygen atoms in total. The van der Waals surface area contributed by atoms with Crippen LogP contribution >= 0.6 is 0 Å². The second kappa shape index (κ2) is 6.79. The molecule has 0 fully saturated rings. The molecule has 0 atom stereocenters. The Bertz CT molecular complexity index is 163. The first kappa shape index (κ1) is 16.3. The van der Waals surface area contributed by atoms with E-state index in [1.54, 1.807) is 0 Å². The van der Waals surface area contributed by atoms with E-state index in [0.29, 0.717) is 0 Å². The van der Waals surface area contributed by atoms with Crippen molar-refractivity contribution in [1.29, 1.82) is 5.41 Å². The Morgan fingerprint density at radius 2 is 1.30 bits per heavy atom. The molecule has 0 aliphatic rings. The minimum Gasteiger partial charge on any atom is -0.370 e. The maximum absolute atomic E-state index is 8.74. The number of guanidine groups is 1. The van der Waals surface area contributed by atoms with E-state index in [2.05, 4.69) is 11.5 Å². The summed E-state index contributed by atoms with van der Waals surface area (Å²) in [6, 6.07) is 0. The summed E-state index contributed by atoms with van der Waals surface area (Å²) in [5, 5.41) is 6.06. The topological polar surface area (TPSA) is 150 Å². The molecule has 0 saturated carbocycles. The van der Waals surface area contributed by atoms with Crippen LogP contribution in [0.5, 0.6) is 0 Å².